The van der Waals surface area contributed by atoms with Gasteiger partial charge in [0.15, 0.2) is 0 Å². The molecule has 0 aromatic heterocycles. The number of benzene rings is 2. The van der Waals surface area contributed by atoms with E-state index in [-0.39, 0.29) is 23.2 Å². The maximum absolute atomic E-state index is 12.2. The third-order valence-corrected chi connectivity index (χ3v) is 6.65. The van der Waals surface area contributed by atoms with Gasteiger partial charge in [0, 0.05) is 48.2 Å². The number of rotatable bonds is 17. The number of likely N-dealkylation sites (N-methyl/N-ethyl adjacent to an activating group) is 2. The molecule has 0 aliphatic carbocycles. The second kappa shape index (κ2) is 15.0. The number of amides is 2. The number of nitrogens with one attached hydrogen (secondary N) is 2. The van der Waals surface area contributed by atoms with Gasteiger partial charge in [-0.15, -0.1) is 0 Å². The number of nitro groups is 2. The standard InChI is InChI=1S/C28H40N6O6/c1-33(2,21-23-9-13-25(14-10-23)31(37)38)19-17-29-27(35)7-5-6-8-28(36)30-18-20-34(3,4)22-24-11-15-26(16-12-24)32(39)40/h9-16H,5-8,17-22H2,1-4H3/p+2. The molecule has 0 atom stereocenters. The van der Waals surface area contributed by atoms with Crippen LogP contribution in [-0.2, 0) is 22.7 Å². The first-order chi connectivity index (χ1) is 18.8. The Morgan fingerprint density at radius 2 is 0.975 bits per heavy atom. The summed E-state index contributed by atoms with van der Waals surface area (Å²) in [5, 5.41) is 27.5. The highest BCUT2D eigenvalue weighted by atomic mass is 16.6. The van der Waals surface area contributed by atoms with Gasteiger partial charge in [-0.05, 0) is 37.1 Å². The summed E-state index contributed by atoms with van der Waals surface area (Å²) in [5.41, 5.74) is 2.12. The van der Waals surface area contributed by atoms with Crippen molar-refractivity contribution in [1.29, 1.82) is 0 Å². The normalized spacial score (nSPS) is 11.6. The number of carbonyl (C=O) groups excluding carboxylic acids is 2. The van der Waals surface area contributed by atoms with E-state index in [9.17, 15) is 29.8 Å². The molecule has 12 nitrogen and oxygen atoms in total. The first-order valence-electron chi connectivity index (χ1n) is 13.4. The second-order valence-electron chi connectivity index (χ2n) is 11.4. The maximum Gasteiger partial charge on any atom is 0.269 e. The number of hydrogen-bond acceptors (Lipinski definition) is 6. The summed E-state index contributed by atoms with van der Waals surface area (Å²) < 4.78 is 1.25. The number of carbonyl (C=O) groups is 2. The number of nitrogens with zero attached hydrogens (tertiary/aromatic N) is 4. The molecule has 0 aliphatic rings. The molecule has 0 unspecified atom stereocenters. The van der Waals surface area contributed by atoms with Crippen LogP contribution in [0.1, 0.15) is 36.8 Å². The highest BCUT2D eigenvalue weighted by Crippen LogP contribution is 2.16. The van der Waals surface area contributed by atoms with E-state index in [0.29, 0.717) is 73.9 Å². The van der Waals surface area contributed by atoms with Crippen molar-refractivity contribution >= 4 is 23.2 Å². The van der Waals surface area contributed by atoms with Crippen LogP contribution in [0.4, 0.5) is 11.4 Å². The fraction of sp³-hybridized carbons (Fsp3) is 0.500. The molecular weight excluding hydrogens is 516 g/mol. The molecule has 12 heteroatoms. The number of hydrogen-bond donors (Lipinski definition) is 2. The zero-order chi connectivity index (χ0) is 29.8. The lowest BCUT2D eigenvalue weighted by atomic mass is 10.1. The molecule has 2 amide bonds. The van der Waals surface area contributed by atoms with Crippen LogP contribution >= 0.6 is 0 Å². The average molecular weight is 559 g/mol. The first kappa shape index (κ1) is 32.3. The highest BCUT2D eigenvalue weighted by Gasteiger charge is 2.18. The Hall–Kier alpha value is -3.90. The van der Waals surface area contributed by atoms with Crippen molar-refractivity contribution in [2.75, 3.05) is 54.4 Å². The van der Waals surface area contributed by atoms with E-state index in [1.165, 1.54) is 24.3 Å². The van der Waals surface area contributed by atoms with Crippen LogP contribution in [0.2, 0.25) is 0 Å². The summed E-state index contributed by atoms with van der Waals surface area (Å²) in [7, 11) is 8.17. The Balaban J connectivity index is 1.57. The lowest BCUT2D eigenvalue weighted by Gasteiger charge is -2.30. The lowest BCUT2D eigenvalue weighted by Crippen LogP contribution is -2.44. The Bertz CT molecular complexity index is 1060. The molecular formula is C28H42N6O6+2. The number of nitro benzene ring substituents is 2. The molecule has 0 bridgehead atoms. The number of quaternary nitrogens is 2. The summed E-state index contributed by atoms with van der Waals surface area (Å²) in [6.45, 7) is 3.85. The fourth-order valence-electron chi connectivity index (χ4n) is 4.34. The SMILES string of the molecule is C[N+](C)(CCNC(=O)CCCCC(=O)NCC[N+](C)(C)Cc1ccc([N+](=O)[O-])cc1)Cc1ccc([N+](=O)[O-])cc1. The smallest absolute Gasteiger partial charge is 0.269 e. The van der Waals surface area contributed by atoms with Gasteiger partial charge < -0.3 is 19.6 Å². The van der Waals surface area contributed by atoms with Crippen molar-refractivity contribution in [1.82, 2.24) is 10.6 Å². The molecule has 0 fully saturated rings. The quantitative estimate of drug-likeness (QED) is 0.132. The summed E-state index contributed by atoms with van der Waals surface area (Å²) in [6.07, 6.45) is 1.98. The van der Waals surface area contributed by atoms with E-state index < -0.39 is 9.85 Å². The Labute approximate surface area is 235 Å². The molecule has 2 rings (SSSR count). The van der Waals surface area contributed by atoms with Crippen LogP contribution in [0.25, 0.3) is 0 Å². The van der Waals surface area contributed by atoms with E-state index in [2.05, 4.69) is 10.6 Å². The van der Waals surface area contributed by atoms with Gasteiger partial charge in [-0.25, -0.2) is 0 Å². The summed E-state index contributed by atoms with van der Waals surface area (Å²) in [4.78, 5) is 45.2. The first-order valence-corrected chi connectivity index (χ1v) is 13.4. The van der Waals surface area contributed by atoms with E-state index in [4.69, 9.17) is 0 Å². The third kappa shape index (κ3) is 12.3. The minimum Gasteiger partial charge on any atom is -0.350 e. The zero-order valence-electron chi connectivity index (χ0n) is 23.9. The number of unbranched alkanes of at least 4 members (excludes halogenated alkanes) is 1. The molecule has 0 spiro atoms. The van der Waals surface area contributed by atoms with Gasteiger partial charge in [0.1, 0.15) is 13.1 Å². The molecule has 0 heterocycles. The average Bonchev–Trinajstić information content (AvgIpc) is 2.86. The van der Waals surface area contributed by atoms with Gasteiger partial charge in [-0.3, -0.25) is 29.8 Å². The van der Waals surface area contributed by atoms with Gasteiger partial charge in [0.25, 0.3) is 11.4 Å². The molecule has 40 heavy (non-hydrogen) atoms. The summed E-state index contributed by atoms with van der Waals surface area (Å²) in [5.74, 6) is -0.0814. The van der Waals surface area contributed by atoms with Gasteiger partial charge in [0.05, 0.1) is 64.2 Å². The fourth-order valence-corrected chi connectivity index (χ4v) is 4.34. The Morgan fingerprint density at radius 1 is 0.650 bits per heavy atom. The maximum atomic E-state index is 12.2. The molecule has 2 aromatic rings. The topological polar surface area (TPSA) is 144 Å². The van der Waals surface area contributed by atoms with Crippen molar-refractivity contribution in [2.45, 2.75) is 38.8 Å². The van der Waals surface area contributed by atoms with E-state index >= 15 is 0 Å². The molecule has 0 saturated heterocycles. The predicted octanol–water partition coefficient (Wildman–Crippen LogP) is 3.15. The van der Waals surface area contributed by atoms with Crippen molar-refractivity contribution in [3.8, 4) is 0 Å². The van der Waals surface area contributed by atoms with E-state index in [1.807, 2.05) is 28.2 Å². The van der Waals surface area contributed by atoms with E-state index in [1.54, 1.807) is 24.3 Å². The molecule has 0 radical (unpaired) electrons. The van der Waals surface area contributed by atoms with Gasteiger partial charge in [0.2, 0.25) is 11.8 Å². The van der Waals surface area contributed by atoms with Crippen molar-refractivity contribution in [2.24, 2.45) is 0 Å². The second-order valence-corrected chi connectivity index (χ2v) is 11.4. The molecule has 2 N–H and O–H groups in total. The lowest BCUT2D eigenvalue weighted by molar-refractivity contribution is -0.902. The zero-order valence-corrected chi connectivity index (χ0v) is 23.9. The third-order valence-electron chi connectivity index (χ3n) is 6.65. The largest absolute Gasteiger partial charge is 0.350 e. The van der Waals surface area contributed by atoms with Crippen LogP contribution < -0.4 is 10.6 Å². The Morgan fingerprint density at radius 3 is 1.27 bits per heavy atom. The van der Waals surface area contributed by atoms with Gasteiger partial charge >= 0.3 is 0 Å². The highest BCUT2D eigenvalue weighted by molar-refractivity contribution is 5.77. The Kier molecular flexibility index (Phi) is 12.1. The van der Waals surface area contributed by atoms with Crippen molar-refractivity contribution in [3.05, 3.63) is 79.9 Å². The van der Waals surface area contributed by atoms with Gasteiger partial charge in [-0.2, -0.15) is 0 Å². The van der Waals surface area contributed by atoms with E-state index in [0.717, 1.165) is 11.1 Å². The monoisotopic (exact) mass is 558 g/mol. The minimum atomic E-state index is -0.416. The minimum absolute atomic E-state index is 0.0407. The molecule has 0 saturated carbocycles. The van der Waals surface area contributed by atoms with Crippen LogP contribution in [0.5, 0.6) is 0 Å². The van der Waals surface area contributed by atoms with Crippen LogP contribution in [0.3, 0.4) is 0 Å². The summed E-state index contributed by atoms with van der Waals surface area (Å²) in [6, 6.07) is 13.0. The van der Waals surface area contributed by atoms with Crippen molar-refractivity contribution < 1.29 is 28.4 Å². The molecule has 218 valence electrons. The van der Waals surface area contributed by atoms with Crippen LogP contribution in [-0.4, -0.2) is 85.0 Å². The number of non-ortho nitro benzene ring substituents is 2. The van der Waals surface area contributed by atoms with Crippen molar-refractivity contribution in [3.63, 3.8) is 0 Å². The summed E-state index contributed by atoms with van der Waals surface area (Å²) >= 11 is 0. The van der Waals surface area contributed by atoms with Gasteiger partial charge in [-0.1, -0.05) is 0 Å². The molecule has 2 aromatic carbocycles. The molecule has 0 aliphatic heterocycles. The predicted molar refractivity (Wildman–Crippen MR) is 152 cm³/mol. The van der Waals surface area contributed by atoms with Crippen LogP contribution in [0.15, 0.2) is 48.5 Å². The van der Waals surface area contributed by atoms with Crippen LogP contribution in [0, 0.1) is 20.2 Å².